The Hall–Kier alpha value is -1.31. The molecule has 0 aliphatic carbocycles. The maximum atomic E-state index is 5.03. The zero-order valence-corrected chi connectivity index (χ0v) is 7.29. The molecule has 0 spiro atoms. The molecule has 1 aliphatic heterocycles. The zero-order valence-electron chi connectivity index (χ0n) is 7.29. The molecule has 1 aliphatic rings. The summed E-state index contributed by atoms with van der Waals surface area (Å²) in [6.07, 6.45) is 8.34. The molecule has 1 rings (SSSR count). The summed E-state index contributed by atoms with van der Waals surface area (Å²) in [4.78, 5) is 4.09. The summed E-state index contributed by atoms with van der Waals surface area (Å²) in [5.74, 6) is 0. The summed E-state index contributed by atoms with van der Waals surface area (Å²) in [5.41, 5.74) is 2.00. The maximum absolute atomic E-state index is 5.03. The van der Waals surface area contributed by atoms with Crippen LogP contribution < -0.4 is 0 Å². The van der Waals surface area contributed by atoms with Gasteiger partial charge in [-0.3, -0.25) is 0 Å². The second kappa shape index (κ2) is 4.54. The van der Waals surface area contributed by atoms with Crippen molar-refractivity contribution in [3.63, 3.8) is 0 Å². The summed E-state index contributed by atoms with van der Waals surface area (Å²) < 4.78 is 5.03. The van der Waals surface area contributed by atoms with Crippen LogP contribution in [0.2, 0.25) is 0 Å². The predicted octanol–water partition coefficient (Wildman–Crippen LogP) is 2.45. The number of hydrogen-bond acceptors (Lipinski definition) is 2. The monoisotopic (exact) mass is 163 g/mol. The molecule has 0 fully saturated rings. The number of hydrogen-bond donors (Lipinski definition) is 0. The van der Waals surface area contributed by atoms with Crippen molar-refractivity contribution in [2.24, 2.45) is 4.99 Å². The van der Waals surface area contributed by atoms with Crippen molar-refractivity contribution < 1.29 is 4.74 Å². The second-order valence-corrected chi connectivity index (χ2v) is 2.47. The Kier molecular flexibility index (Phi) is 3.33. The van der Waals surface area contributed by atoms with Crippen molar-refractivity contribution in [1.29, 1.82) is 0 Å². The van der Waals surface area contributed by atoms with E-state index >= 15 is 0 Å². The second-order valence-electron chi connectivity index (χ2n) is 2.47. The Morgan fingerprint density at radius 2 is 2.58 bits per heavy atom. The fourth-order valence-electron chi connectivity index (χ4n) is 0.921. The molecule has 0 saturated carbocycles. The van der Waals surface area contributed by atoms with E-state index in [1.807, 2.05) is 6.08 Å². The van der Waals surface area contributed by atoms with Crippen molar-refractivity contribution in [3.05, 3.63) is 36.1 Å². The normalized spacial score (nSPS) is 16.8. The molecule has 64 valence electrons. The Morgan fingerprint density at radius 1 is 1.75 bits per heavy atom. The van der Waals surface area contributed by atoms with Gasteiger partial charge in [0.05, 0.1) is 5.70 Å². The quantitative estimate of drug-likeness (QED) is 0.626. The van der Waals surface area contributed by atoms with Crippen molar-refractivity contribution in [2.75, 3.05) is 6.61 Å². The SMILES string of the molecule is C=CC1=C(/C=C\CC)N=COC1. The third-order valence-electron chi connectivity index (χ3n) is 1.59. The highest BCUT2D eigenvalue weighted by Crippen LogP contribution is 2.12. The molecule has 0 aromatic rings. The minimum atomic E-state index is 0.580. The van der Waals surface area contributed by atoms with E-state index < -0.39 is 0 Å². The molecule has 12 heavy (non-hydrogen) atoms. The largest absolute Gasteiger partial charge is 0.478 e. The maximum Gasteiger partial charge on any atom is 0.175 e. The van der Waals surface area contributed by atoms with Gasteiger partial charge in [-0.2, -0.15) is 0 Å². The van der Waals surface area contributed by atoms with Crippen LogP contribution in [0.4, 0.5) is 0 Å². The van der Waals surface area contributed by atoms with E-state index in [2.05, 4.69) is 24.6 Å². The molecule has 0 bridgehead atoms. The number of allylic oxidation sites excluding steroid dienone is 2. The van der Waals surface area contributed by atoms with Crippen LogP contribution in [-0.4, -0.2) is 13.0 Å². The minimum Gasteiger partial charge on any atom is -0.478 e. The average molecular weight is 163 g/mol. The van der Waals surface area contributed by atoms with Gasteiger partial charge in [0, 0.05) is 5.57 Å². The summed E-state index contributed by atoms with van der Waals surface area (Å²) in [6, 6.07) is 0. The van der Waals surface area contributed by atoms with Gasteiger partial charge >= 0.3 is 0 Å². The zero-order chi connectivity index (χ0) is 8.81. The Labute approximate surface area is 73.0 Å². The number of nitrogens with zero attached hydrogens (tertiary/aromatic N) is 1. The third-order valence-corrected chi connectivity index (χ3v) is 1.59. The molecule has 2 heteroatoms. The molecule has 2 nitrogen and oxygen atoms in total. The van der Waals surface area contributed by atoms with Crippen LogP contribution in [0.15, 0.2) is 41.1 Å². The molecule has 0 N–H and O–H groups in total. The Balaban J connectivity index is 2.81. The van der Waals surface area contributed by atoms with Gasteiger partial charge in [-0.05, 0) is 12.5 Å². The van der Waals surface area contributed by atoms with E-state index in [-0.39, 0.29) is 0 Å². The van der Waals surface area contributed by atoms with Crippen LogP contribution in [0, 0.1) is 0 Å². The summed E-state index contributed by atoms with van der Waals surface area (Å²) >= 11 is 0. The van der Waals surface area contributed by atoms with Gasteiger partial charge in [-0.1, -0.05) is 25.7 Å². The van der Waals surface area contributed by atoms with Gasteiger partial charge in [-0.15, -0.1) is 0 Å². The Bertz CT molecular complexity index is 249. The van der Waals surface area contributed by atoms with Gasteiger partial charge in [0.2, 0.25) is 0 Å². The van der Waals surface area contributed by atoms with Crippen LogP contribution in [-0.2, 0) is 4.74 Å². The fourth-order valence-corrected chi connectivity index (χ4v) is 0.921. The van der Waals surface area contributed by atoms with Gasteiger partial charge in [-0.25, -0.2) is 4.99 Å². The number of rotatable bonds is 3. The van der Waals surface area contributed by atoms with Crippen molar-refractivity contribution in [1.82, 2.24) is 0 Å². The summed E-state index contributed by atoms with van der Waals surface area (Å²) in [6.45, 7) is 6.37. The van der Waals surface area contributed by atoms with E-state index in [4.69, 9.17) is 4.74 Å². The van der Waals surface area contributed by atoms with Gasteiger partial charge in [0.1, 0.15) is 6.61 Å². The lowest BCUT2D eigenvalue weighted by molar-refractivity contribution is 0.352. The molecule has 0 atom stereocenters. The smallest absolute Gasteiger partial charge is 0.175 e. The predicted molar refractivity (Wildman–Crippen MR) is 51.1 cm³/mol. The van der Waals surface area contributed by atoms with E-state index in [9.17, 15) is 0 Å². The lowest BCUT2D eigenvalue weighted by Gasteiger charge is -2.09. The highest BCUT2D eigenvalue weighted by Gasteiger charge is 2.03. The van der Waals surface area contributed by atoms with Crippen molar-refractivity contribution in [2.45, 2.75) is 13.3 Å². The molecule has 0 saturated heterocycles. The van der Waals surface area contributed by atoms with E-state index in [1.54, 1.807) is 6.08 Å². The van der Waals surface area contributed by atoms with Crippen LogP contribution >= 0.6 is 0 Å². The van der Waals surface area contributed by atoms with Crippen LogP contribution in [0.1, 0.15) is 13.3 Å². The third kappa shape index (κ3) is 2.09. The Morgan fingerprint density at radius 3 is 3.25 bits per heavy atom. The molecule has 0 amide bonds. The molecular weight excluding hydrogens is 150 g/mol. The van der Waals surface area contributed by atoms with Crippen LogP contribution in [0.5, 0.6) is 0 Å². The molecule has 0 radical (unpaired) electrons. The highest BCUT2D eigenvalue weighted by atomic mass is 16.5. The van der Waals surface area contributed by atoms with E-state index in [1.165, 1.54) is 6.40 Å². The molecule has 0 aromatic carbocycles. The lowest BCUT2D eigenvalue weighted by Crippen LogP contribution is -2.02. The van der Waals surface area contributed by atoms with Crippen molar-refractivity contribution >= 4 is 6.40 Å². The van der Waals surface area contributed by atoms with Gasteiger partial charge in [0.15, 0.2) is 6.40 Å². The first-order chi connectivity index (χ1) is 5.88. The lowest BCUT2D eigenvalue weighted by atomic mass is 10.2. The summed E-state index contributed by atoms with van der Waals surface area (Å²) in [7, 11) is 0. The van der Waals surface area contributed by atoms with Gasteiger partial charge < -0.3 is 4.74 Å². The van der Waals surface area contributed by atoms with E-state index in [0.29, 0.717) is 6.61 Å². The topological polar surface area (TPSA) is 21.6 Å². The molecule has 0 aromatic heterocycles. The average Bonchev–Trinajstić information content (AvgIpc) is 2.15. The highest BCUT2D eigenvalue weighted by molar-refractivity contribution is 5.55. The molecule has 1 heterocycles. The van der Waals surface area contributed by atoms with Gasteiger partial charge in [0.25, 0.3) is 0 Å². The van der Waals surface area contributed by atoms with Crippen LogP contribution in [0.3, 0.4) is 0 Å². The molecular formula is C10H13NO. The molecule has 0 unspecified atom stereocenters. The summed E-state index contributed by atoms with van der Waals surface area (Å²) in [5, 5.41) is 0. The first kappa shape index (κ1) is 8.78. The minimum absolute atomic E-state index is 0.580. The number of ether oxygens (including phenoxy) is 1. The van der Waals surface area contributed by atoms with E-state index in [0.717, 1.165) is 17.7 Å². The standard InChI is InChI=1S/C10H13NO/c1-3-5-6-10-9(4-2)7-12-8-11-10/h4-6,8H,2-3,7H2,1H3/b6-5-. The first-order valence-electron chi connectivity index (χ1n) is 4.04. The number of aliphatic imine (C=N–C) groups is 1. The van der Waals surface area contributed by atoms with Crippen molar-refractivity contribution in [3.8, 4) is 0 Å². The fraction of sp³-hybridized carbons (Fsp3) is 0.300. The first-order valence-corrected chi connectivity index (χ1v) is 4.04. The van der Waals surface area contributed by atoms with Crippen LogP contribution in [0.25, 0.3) is 0 Å².